The number of hydrogen-bond donors (Lipinski definition) is 2. The fourth-order valence-corrected chi connectivity index (χ4v) is 2.65. The highest BCUT2D eigenvalue weighted by atomic mass is 16.5. The van der Waals surface area contributed by atoms with Crippen LogP contribution in [-0.4, -0.2) is 29.1 Å². The van der Waals surface area contributed by atoms with E-state index in [9.17, 15) is 14.7 Å². The molecular weight excluding hydrogens is 260 g/mol. The Kier molecular flexibility index (Phi) is 4.61. The third kappa shape index (κ3) is 3.29. The molecule has 0 radical (unpaired) electrons. The predicted octanol–water partition coefficient (Wildman–Crippen LogP) is 2.47. The number of benzene rings is 1. The number of aldehydes is 1. The number of carbonyl (C=O) groups is 2. The molecule has 1 aliphatic carbocycles. The summed E-state index contributed by atoms with van der Waals surface area (Å²) in [4.78, 5) is 21.9. The predicted molar refractivity (Wildman–Crippen MR) is 72.1 cm³/mol. The molecular formula is C15H18O5. The number of carboxylic acids is 1. The van der Waals surface area contributed by atoms with E-state index >= 15 is 0 Å². The van der Waals surface area contributed by atoms with Crippen molar-refractivity contribution in [1.82, 2.24) is 0 Å². The molecule has 108 valence electrons. The first-order chi connectivity index (χ1) is 9.61. The van der Waals surface area contributed by atoms with Crippen LogP contribution in [0.3, 0.4) is 0 Å². The number of aliphatic carboxylic acids is 1. The highest BCUT2D eigenvalue weighted by molar-refractivity contribution is 5.83. The van der Waals surface area contributed by atoms with Gasteiger partial charge in [-0.1, -0.05) is 12.5 Å². The van der Waals surface area contributed by atoms with Crippen molar-refractivity contribution in [1.29, 1.82) is 0 Å². The lowest BCUT2D eigenvalue weighted by Crippen LogP contribution is -2.26. The van der Waals surface area contributed by atoms with E-state index < -0.39 is 5.97 Å². The average molecular weight is 278 g/mol. The molecule has 2 atom stereocenters. The van der Waals surface area contributed by atoms with Crippen molar-refractivity contribution in [2.45, 2.75) is 25.7 Å². The Morgan fingerprint density at radius 3 is 2.90 bits per heavy atom. The van der Waals surface area contributed by atoms with Gasteiger partial charge in [-0.25, -0.2) is 0 Å². The van der Waals surface area contributed by atoms with E-state index in [1.807, 2.05) is 0 Å². The monoisotopic (exact) mass is 278 g/mol. The highest BCUT2D eigenvalue weighted by Gasteiger charge is 2.27. The lowest BCUT2D eigenvalue weighted by atomic mass is 9.82. The molecule has 20 heavy (non-hydrogen) atoms. The van der Waals surface area contributed by atoms with Crippen molar-refractivity contribution in [2.75, 3.05) is 6.61 Å². The van der Waals surface area contributed by atoms with Gasteiger partial charge in [0.05, 0.1) is 18.1 Å². The molecule has 0 spiro atoms. The zero-order valence-electron chi connectivity index (χ0n) is 11.1. The summed E-state index contributed by atoms with van der Waals surface area (Å²) in [6.45, 7) is 0.369. The van der Waals surface area contributed by atoms with Gasteiger partial charge in [-0.05, 0) is 37.3 Å². The van der Waals surface area contributed by atoms with Crippen molar-refractivity contribution in [3.63, 3.8) is 0 Å². The summed E-state index contributed by atoms with van der Waals surface area (Å²) in [5.74, 6) is -0.638. The Balaban J connectivity index is 1.97. The van der Waals surface area contributed by atoms with Crippen LogP contribution in [0.2, 0.25) is 0 Å². The van der Waals surface area contributed by atoms with Crippen molar-refractivity contribution >= 4 is 12.3 Å². The summed E-state index contributed by atoms with van der Waals surface area (Å²) in [6, 6.07) is 4.66. The molecule has 0 saturated heterocycles. The van der Waals surface area contributed by atoms with Crippen molar-refractivity contribution in [3.8, 4) is 11.5 Å². The summed E-state index contributed by atoms with van der Waals surface area (Å²) in [5, 5.41) is 18.6. The minimum absolute atomic E-state index is 0.107. The number of rotatable bonds is 5. The van der Waals surface area contributed by atoms with E-state index in [1.54, 1.807) is 12.1 Å². The third-order valence-electron chi connectivity index (χ3n) is 3.77. The zero-order valence-corrected chi connectivity index (χ0v) is 11.1. The first-order valence-corrected chi connectivity index (χ1v) is 6.74. The average Bonchev–Trinajstić information content (AvgIpc) is 2.45. The first-order valence-electron chi connectivity index (χ1n) is 6.74. The molecule has 0 bridgehead atoms. The van der Waals surface area contributed by atoms with Crippen LogP contribution in [0, 0.1) is 11.8 Å². The standard InChI is InChI=1S/C15H18O5/c16-8-12-13(17)5-2-6-14(12)20-9-10-3-1-4-11(7-10)15(18)19/h2,5-6,8,10-11,17H,1,3-4,7,9H2,(H,18,19)/t10-,11+/m0/s1. The Hall–Kier alpha value is -2.04. The number of ether oxygens (including phenoxy) is 1. The van der Waals surface area contributed by atoms with Gasteiger partial charge in [0.15, 0.2) is 6.29 Å². The van der Waals surface area contributed by atoms with E-state index in [0.717, 1.165) is 19.3 Å². The second-order valence-electron chi connectivity index (χ2n) is 5.19. The Morgan fingerprint density at radius 2 is 2.20 bits per heavy atom. The first kappa shape index (κ1) is 14.4. The summed E-state index contributed by atoms with van der Waals surface area (Å²) >= 11 is 0. The van der Waals surface area contributed by atoms with Gasteiger partial charge < -0.3 is 14.9 Å². The van der Waals surface area contributed by atoms with Gasteiger partial charge in [-0.15, -0.1) is 0 Å². The second-order valence-corrected chi connectivity index (χ2v) is 5.19. The Morgan fingerprint density at radius 1 is 1.40 bits per heavy atom. The van der Waals surface area contributed by atoms with Crippen LogP contribution in [0.1, 0.15) is 36.0 Å². The van der Waals surface area contributed by atoms with Crippen LogP contribution in [-0.2, 0) is 4.79 Å². The largest absolute Gasteiger partial charge is 0.507 e. The van der Waals surface area contributed by atoms with Gasteiger partial charge in [-0.3, -0.25) is 9.59 Å². The topological polar surface area (TPSA) is 83.8 Å². The van der Waals surface area contributed by atoms with E-state index in [0.29, 0.717) is 25.1 Å². The van der Waals surface area contributed by atoms with Gasteiger partial charge >= 0.3 is 5.97 Å². The van der Waals surface area contributed by atoms with Crippen LogP contribution >= 0.6 is 0 Å². The number of phenolic OH excluding ortho intramolecular Hbond substituents is 1. The molecule has 1 fully saturated rings. The maximum absolute atomic E-state index is 11.0. The van der Waals surface area contributed by atoms with Gasteiger partial charge in [0, 0.05) is 0 Å². The number of hydrogen-bond acceptors (Lipinski definition) is 4. The van der Waals surface area contributed by atoms with E-state index in [-0.39, 0.29) is 23.1 Å². The molecule has 1 aromatic carbocycles. The summed E-state index contributed by atoms with van der Waals surface area (Å²) in [7, 11) is 0. The molecule has 1 aliphatic rings. The van der Waals surface area contributed by atoms with Gasteiger partial charge in [0.1, 0.15) is 11.5 Å². The van der Waals surface area contributed by atoms with Crippen LogP contribution in [0.5, 0.6) is 11.5 Å². The van der Waals surface area contributed by atoms with Crippen molar-refractivity contribution < 1.29 is 24.5 Å². The second kappa shape index (κ2) is 6.41. The van der Waals surface area contributed by atoms with Gasteiger partial charge in [0.2, 0.25) is 0 Å². The number of phenols is 1. The molecule has 0 aliphatic heterocycles. The molecule has 5 heteroatoms. The third-order valence-corrected chi connectivity index (χ3v) is 3.77. The van der Waals surface area contributed by atoms with Crippen LogP contribution in [0.4, 0.5) is 0 Å². The smallest absolute Gasteiger partial charge is 0.306 e. The molecule has 5 nitrogen and oxygen atoms in total. The fourth-order valence-electron chi connectivity index (χ4n) is 2.65. The number of carbonyl (C=O) groups excluding carboxylic acids is 1. The van der Waals surface area contributed by atoms with Gasteiger partial charge in [-0.2, -0.15) is 0 Å². The maximum atomic E-state index is 11.0. The van der Waals surface area contributed by atoms with Crippen LogP contribution < -0.4 is 4.74 Å². The minimum Gasteiger partial charge on any atom is -0.507 e. The lowest BCUT2D eigenvalue weighted by molar-refractivity contribution is -0.143. The van der Waals surface area contributed by atoms with E-state index in [2.05, 4.69) is 0 Å². The van der Waals surface area contributed by atoms with Crippen LogP contribution in [0.15, 0.2) is 18.2 Å². The van der Waals surface area contributed by atoms with E-state index in [1.165, 1.54) is 6.07 Å². The molecule has 0 heterocycles. The molecule has 0 unspecified atom stereocenters. The number of carboxylic acid groups (broad SMARTS) is 1. The van der Waals surface area contributed by atoms with Crippen molar-refractivity contribution in [3.05, 3.63) is 23.8 Å². The lowest BCUT2D eigenvalue weighted by Gasteiger charge is -2.26. The number of aromatic hydroxyl groups is 1. The normalized spacial score (nSPS) is 22.2. The zero-order chi connectivity index (χ0) is 14.5. The van der Waals surface area contributed by atoms with Gasteiger partial charge in [0.25, 0.3) is 0 Å². The molecule has 1 aromatic rings. The molecule has 2 rings (SSSR count). The van der Waals surface area contributed by atoms with Crippen molar-refractivity contribution in [2.24, 2.45) is 11.8 Å². The maximum Gasteiger partial charge on any atom is 0.306 e. The highest BCUT2D eigenvalue weighted by Crippen LogP contribution is 2.31. The Labute approximate surface area is 117 Å². The summed E-state index contributed by atoms with van der Waals surface area (Å²) in [5.41, 5.74) is 0.137. The Bertz CT molecular complexity index is 497. The quantitative estimate of drug-likeness (QED) is 0.808. The van der Waals surface area contributed by atoms with Crippen LogP contribution in [0.25, 0.3) is 0 Å². The molecule has 0 amide bonds. The molecule has 1 saturated carbocycles. The molecule has 0 aromatic heterocycles. The SMILES string of the molecule is O=Cc1c(O)cccc1OC[C@H]1CCC[C@@H](C(=O)O)C1. The molecule has 2 N–H and O–H groups in total. The van der Waals surface area contributed by atoms with E-state index in [4.69, 9.17) is 9.84 Å². The fraction of sp³-hybridized carbons (Fsp3) is 0.467. The summed E-state index contributed by atoms with van der Waals surface area (Å²) in [6.07, 6.45) is 3.69. The summed E-state index contributed by atoms with van der Waals surface area (Å²) < 4.78 is 5.59. The minimum atomic E-state index is -0.749.